The van der Waals surface area contributed by atoms with Crippen molar-refractivity contribution in [1.29, 1.82) is 0 Å². The molecule has 1 N–H and O–H groups in total. The minimum absolute atomic E-state index is 0.165. The molecule has 0 spiro atoms. The number of benzene rings is 2. The number of hydrogen-bond donors (Lipinski definition) is 1. The molecule has 4 rings (SSSR count). The first-order valence-electron chi connectivity index (χ1n) is 9.55. The molecule has 0 saturated carbocycles. The molecule has 7 nitrogen and oxygen atoms in total. The number of alkyl halides is 3. The van der Waals surface area contributed by atoms with Gasteiger partial charge in [0.05, 0.1) is 23.9 Å². The minimum Gasteiger partial charge on any atom is -0.493 e. The Bertz CT molecular complexity index is 1320. The Kier molecular flexibility index (Phi) is 5.29. The van der Waals surface area contributed by atoms with E-state index in [4.69, 9.17) is 0 Å². The summed E-state index contributed by atoms with van der Waals surface area (Å²) in [6, 6.07) is 12.2. The Hall–Kier alpha value is -3.95. The first-order chi connectivity index (χ1) is 15.1. The lowest BCUT2D eigenvalue weighted by molar-refractivity contribution is -0.274. The maximum atomic E-state index is 13.0. The summed E-state index contributed by atoms with van der Waals surface area (Å²) in [4.78, 5) is 19.3. The van der Waals surface area contributed by atoms with Gasteiger partial charge in [0.15, 0.2) is 0 Å². The normalized spacial score (nSPS) is 11.7. The van der Waals surface area contributed by atoms with Crippen molar-refractivity contribution >= 4 is 16.6 Å². The van der Waals surface area contributed by atoms with Gasteiger partial charge in [-0.15, -0.1) is 13.2 Å². The molecule has 166 valence electrons. The number of imidazole rings is 1. The van der Waals surface area contributed by atoms with Crippen LogP contribution >= 0.6 is 0 Å². The summed E-state index contributed by atoms with van der Waals surface area (Å²) in [7, 11) is 3.82. The van der Waals surface area contributed by atoms with Crippen LogP contribution in [0.5, 0.6) is 11.6 Å². The summed E-state index contributed by atoms with van der Waals surface area (Å²) in [6.45, 7) is 0.165. The van der Waals surface area contributed by atoms with Crippen molar-refractivity contribution < 1.29 is 23.0 Å². The van der Waals surface area contributed by atoms with Crippen LogP contribution in [0, 0.1) is 0 Å². The highest BCUT2D eigenvalue weighted by molar-refractivity contribution is 5.94. The van der Waals surface area contributed by atoms with Crippen LogP contribution in [-0.2, 0) is 6.54 Å². The van der Waals surface area contributed by atoms with Crippen LogP contribution in [0.2, 0.25) is 0 Å². The summed E-state index contributed by atoms with van der Waals surface area (Å²) in [5, 5.41) is 11.2. The van der Waals surface area contributed by atoms with E-state index in [1.165, 1.54) is 22.9 Å². The summed E-state index contributed by atoms with van der Waals surface area (Å²) in [5.74, 6) is -0.765. The van der Waals surface area contributed by atoms with Crippen LogP contribution < -0.4 is 15.3 Å². The summed E-state index contributed by atoms with van der Waals surface area (Å²) >= 11 is 0. The summed E-state index contributed by atoms with van der Waals surface area (Å²) < 4.78 is 43.3. The van der Waals surface area contributed by atoms with Gasteiger partial charge in [-0.25, -0.2) is 9.36 Å². The van der Waals surface area contributed by atoms with Gasteiger partial charge in [-0.1, -0.05) is 6.07 Å². The number of aromatic nitrogens is 3. The Morgan fingerprint density at radius 2 is 1.81 bits per heavy atom. The van der Waals surface area contributed by atoms with Crippen molar-refractivity contribution in [2.24, 2.45) is 0 Å². The number of pyridine rings is 1. The SMILES string of the molecule is CN(C)c1cccc2nccc(Cn3cc(O)n(-c4ccc(OC(F)(F)F)cc4)c3=O)c12. The molecule has 2 heterocycles. The summed E-state index contributed by atoms with van der Waals surface area (Å²) in [5.41, 5.74) is 2.19. The van der Waals surface area contributed by atoms with Crippen LogP contribution in [0.3, 0.4) is 0 Å². The Morgan fingerprint density at radius 1 is 1.09 bits per heavy atom. The van der Waals surface area contributed by atoms with Gasteiger partial charge < -0.3 is 14.7 Å². The number of anilines is 1. The van der Waals surface area contributed by atoms with E-state index in [-0.39, 0.29) is 18.1 Å². The van der Waals surface area contributed by atoms with Gasteiger partial charge in [-0.3, -0.25) is 9.55 Å². The highest BCUT2D eigenvalue weighted by Gasteiger charge is 2.31. The Labute approximate surface area is 180 Å². The van der Waals surface area contributed by atoms with E-state index in [0.29, 0.717) is 0 Å². The van der Waals surface area contributed by atoms with Crippen LogP contribution in [-0.4, -0.2) is 39.7 Å². The molecule has 10 heteroatoms. The maximum Gasteiger partial charge on any atom is 0.573 e. The standard InChI is InChI=1S/C22H19F3N4O3/c1-27(2)18-5-3-4-17-20(18)14(10-11-26-17)12-28-13-19(30)29(21(28)31)15-6-8-16(9-7-15)32-22(23,24)25/h3-11,13,30H,12H2,1-2H3. The van der Waals surface area contributed by atoms with Gasteiger partial charge in [0.25, 0.3) is 0 Å². The lowest BCUT2D eigenvalue weighted by atomic mass is 10.1. The maximum absolute atomic E-state index is 13.0. The van der Waals surface area contributed by atoms with E-state index < -0.39 is 17.8 Å². The van der Waals surface area contributed by atoms with E-state index in [2.05, 4.69) is 9.72 Å². The van der Waals surface area contributed by atoms with Crippen molar-refractivity contribution in [2.45, 2.75) is 12.9 Å². The fourth-order valence-corrected chi connectivity index (χ4v) is 3.58. The second-order valence-electron chi connectivity index (χ2n) is 7.31. The highest BCUT2D eigenvalue weighted by Crippen LogP contribution is 2.29. The first kappa shape index (κ1) is 21.3. The number of aromatic hydroxyl groups is 1. The van der Waals surface area contributed by atoms with Crippen molar-refractivity contribution in [2.75, 3.05) is 19.0 Å². The first-order valence-corrected chi connectivity index (χ1v) is 9.55. The molecule has 0 fully saturated rings. The Balaban J connectivity index is 1.72. The number of hydrogen-bond acceptors (Lipinski definition) is 5. The van der Waals surface area contributed by atoms with Crippen molar-refractivity contribution in [3.8, 4) is 17.3 Å². The average molecular weight is 444 g/mol. The molecule has 0 aliphatic rings. The quantitative estimate of drug-likeness (QED) is 0.506. The zero-order valence-corrected chi connectivity index (χ0v) is 17.2. The fraction of sp³-hybridized carbons (Fsp3) is 0.182. The molecule has 0 bridgehead atoms. The molecular formula is C22H19F3N4O3. The van der Waals surface area contributed by atoms with E-state index in [0.717, 1.165) is 38.9 Å². The molecule has 0 amide bonds. The van der Waals surface area contributed by atoms with Gasteiger partial charge in [-0.2, -0.15) is 0 Å². The molecule has 4 aromatic rings. The van der Waals surface area contributed by atoms with Gasteiger partial charge in [0.2, 0.25) is 5.88 Å². The van der Waals surface area contributed by atoms with E-state index in [9.17, 15) is 23.1 Å². The molecule has 0 radical (unpaired) electrons. The average Bonchev–Trinajstić information content (AvgIpc) is 3.00. The molecular weight excluding hydrogens is 425 g/mol. The molecule has 0 aliphatic carbocycles. The van der Waals surface area contributed by atoms with E-state index >= 15 is 0 Å². The van der Waals surface area contributed by atoms with Gasteiger partial charge in [0, 0.05) is 31.4 Å². The second kappa shape index (κ2) is 7.95. The third-order valence-electron chi connectivity index (χ3n) is 4.92. The van der Waals surface area contributed by atoms with Crippen molar-refractivity contribution in [3.05, 3.63) is 77.0 Å². The smallest absolute Gasteiger partial charge is 0.493 e. The molecule has 0 unspecified atom stereocenters. The monoisotopic (exact) mass is 444 g/mol. The Morgan fingerprint density at radius 3 is 2.47 bits per heavy atom. The van der Waals surface area contributed by atoms with Crippen molar-refractivity contribution in [3.63, 3.8) is 0 Å². The zero-order chi connectivity index (χ0) is 23.0. The molecule has 0 saturated heterocycles. The molecule has 2 aromatic carbocycles. The number of rotatable bonds is 5. The highest BCUT2D eigenvalue weighted by atomic mass is 19.4. The number of fused-ring (bicyclic) bond motifs is 1. The van der Waals surface area contributed by atoms with E-state index in [1.54, 1.807) is 12.3 Å². The molecule has 0 atom stereocenters. The third kappa shape index (κ3) is 4.11. The largest absolute Gasteiger partial charge is 0.573 e. The van der Waals surface area contributed by atoms with Crippen LogP contribution in [0.1, 0.15) is 5.56 Å². The fourth-order valence-electron chi connectivity index (χ4n) is 3.58. The number of ether oxygens (including phenoxy) is 1. The van der Waals surface area contributed by atoms with Crippen LogP contribution in [0.15, 0.2) is 65.7 Å². The topological polar surface area (TPSA) is 72.5 Å². The lowest BCUT2D eigenvalue weighted by Gasteiger charge is -2.17. The van der Waals surface area contributed by atoms with Gasteiger partial charge in [-0.05, 0) is 48.0 Å². The van der Waals surface area contributed by atoms with Gasteiger partial charge >= 0.3 is 12.1 Å². The van der Waals surface area contributed by atoms with Crippen LogP contribution in [0.4, 0.5) is 18.9 Å². The van der Waals surface area contributed by atoms with Crippen molar-refractivity contribution in [1.82, 2.24) is 14.1 Å². The zero-order valence-electron chi connectivity index (χ0n) is 17.2. The lowest BCUT2D eigenvalue weighted by Crippen LogP contribution is -2.23. The second-order valence-corrected chi connectivity index (χ2v) is 7.31. The molecule has 32 heavy (non-hydrogen) atoms. The number of halogens is 3. The van der Waals surface area contributed by atoms with Crippen LogP contribution in [0.25, 0.3) is 16.6 Å². The number of nitrogens with zero attached hydrogens (tertiary/aromatic N) is 4. The molecule has 2 aromatic heterocycles. The summed E-state index contributed by atoms with van der Waals surface area (Å²) in [6.07, 6.45) is -1.88. The minimum atomic E-state index is -4.82. The van der Waals surface area contributed by atoms with Gasteiger partial charge in [0.1, 0.15) is 5.75 Å². The third-order valence-corrected chi connectivity index (χ3v) is 4.92. The molecule has 0 aliphatic heterocycles. The van der Waals surface area contributed by atoms with E-state index in [1.807, 2.05) is 37.2 Å². The predicted molar refractivity (Wildman–Crippen MR) is 114 cm³/mol. The predicted octanol–water partition coefficient (Wildman–Crippen LogP) is 3.91.